The molecule has 0 bridgehead atoms. The standard InChI is InChI=1S/C16H25NO2/c1-13-7-8-16(13,12-17-9-10-18-2)14-5-4-6-15(11-14)19-3/h4-6,11,13,17H,7-10,12H2,1-3H3. The van der Waals surface area contributed by atoms with Crippen molar-refractivity contribution >= 4 is 0 Å². The molecule has 1 aliphatic carbocycles. The van der Waals surface area contributed by atoms with Crippen molar-refractivity contribution in [3.05, 3.63) is 29.8 Å². The van der Waals surface area contributed by atoms with Crippen LogP contribution in [0.3, 0.4) is 0 Å². The third kappa shape index (κ3) is 2.93. The lowest BCUT2D eigenvalue weighted by Gasteiger charge is -2.49. The van der Waals surface area contributed by atoms with Crippen LogP contribution in [-0.2, 0) is 10.2 Å². The van der Waals surface area contributed by atoms with Crippen LogP contribution in [0, 0.1) is 5.92 Å². The predicted molar refractivity (Wildman–Crippen MR) is 77.8 cm³/mol. The van der Waals surface area contributed by atoms with E-state index in [0.717, 1.165) is 31.4 Å². The Morgan fingerprint density at radius 2 is 2.21 bits per heavy atom. The summed E-state index contributed by atoms with van der Waals surface area (Å²) in [6, 6.07) is 8.53. The minimum atomic E-state index is 0.266. The van der Waals surface area contributed by atoms with Crippen molar-refractivity contribution in [3.8, 4) is 5.75 Å². The normalized spacial score (nSPS) is 25.9. The zero-order valence-electron chi connectivity index (χ0n) is 12.2. The lowest BCUT2D eigenvalue weighted by atomic mass is 9.57. The quantitative estimate of drug-likeness (QED) is 0.767. The van der Waals surface area contributed by atoms with Crippen LogP contribution in [0.1, 0.15) is 25.3 Å². The molecule has 0 aliphatic heterocycles. The highest BCUT2D eigenvalue weighted by molar-refractivity contribution is 5.36. The van der Waals surface area contributed by atoms with E-state index in [2.05, 4.69) is 30.4 Å². The van der Waals surface area contributed by atoms with Crippen LogP contribution in [0.5, 0.6) is 5.75 Å². The van der Waals surface area contributed by atoms with Gasteiger partial charge in [0, 0.05) is 25.6 Å². The van der Waals surface area contributed by atoms with E-state index >= 15 is 0 Å². The molecule has 1 aromatic rings. The second-order valence-corrected chi connectivity index (χ2v) is 5.50. The van der Waals surface area contributed by atoms with Crippen molar-refractivity contribution < 1.29 is 9.47 Å². The number of hydrogen-bond donors (Lipinski definition) is 1. The summed E-state index contributed by atoms with van der Waals surface area (Å²) in [5.74, 6) is 1.67. The molecule has 3 nitrogen and oxygen atoms in total. The van der Waals surface area contributed by atoms with E-state index < -0.39 is 0 Å². The third-order valence-corrected chi connectivity index (χ3v) is 4.53. The van der Waals surface area contributed by atoms with Gasteiger partial charge in [-0.05, 0) is 36.5 Å². The highest BCUT2D eigenvalue weighted by atomic mass is 16.5. The molecule has 0 saturated heterocycles. The Balaban J connectivity index is 2.10. The Hall–Kier alpha value is -1.06. The van der Waals surface area contributed by atoms with E-state index in [1.54, 1.807) is 14.2 Å². The molecule has 1 saturated carbocycles. The first kappa shape index (κ1) is 14.4. The van der Waals surface area contributed by atoms with Crippen molar-refractivity contribution in [1.82, 2.24) is 5.32 Å². The Morgan fingerprint density at radius 3 is 2.79 bits per heavy atom. The average Bonchev–Trinajstić information content (AvgIpc) is 2.45. The fraction of sp³-hybridized carbons (Fsp3) is 0.625. The zero-order chi connectivity index (χ0) is 13.7. The number of hydrogen-bond acceptors (Lipinski definition) is 3. The van der Waals surface area contributed by atoms with Gasteiger partial charge in [-0.1, -0.05) is 19.1 Å². The summed E-state index contributed by atoms with van der Waals surface area (Å²) in [6.45, 7) is 5.04. The average molecular weight is 263 g/mol. The van der Waals surface area contributed by atoms with Gasteiger partial charge in [0.1, 0.15) is 5.75 Å². The first-order valence-corrected chi connectivity index (χ1v) is 7.07. The SMILES string of the molecule is COCCNCC1(c2cccc(OC)c2)CCC1C. The van der Waals surface area contributed by atoms with Crippen LogP contribution in [0.25, 0.3) is 0 Å². The fourth-order valence-corrected chi connectivity index (χ4v) is 2.99. The molecular formula is C16H25NO2. The molecule has 0 aromatic heterocycles. The molecule has 2 unspecified atom stereocenters. The molecule has 0 heterocycles. The zero-order valence-corrected chi connectivity index (χ0v) is 12.2. The van der Waals surface area contributed by atoms with Gasteiger partial charge in [0.15, 0.2) is 0 Å². The van der Waals surface area contributed by atoms with E-state index in [1.807, 2.05) is 6.07 Å². The molecule has 2 rings (SSSR count). The van der Waals surface area contributed by atoms with Gasteiger partial charge in [-0.25, -0.2) is 0 Å². The number of nitrogens with one attached hydrogen (secondary N) is 1. The molecule has 1 aliphatic rings. The van der Waals surface area contributed by atoms with E-state index in [4.69, 9.17) is 9.47 Å². The first-order chi connectivity index (χ1) is 9.23. The summed E-state index contributed by atoms with van der Waals surface area (Å²) in [6.07, 6.45) is 2.56. The molecule has 1 fully saturated rings. The summed E-state index contributed by atoms with van der Waals surface area (Å²) in [7, 11) is 3.47. The maximum atomic E-state index is 5.36. The summed E-state index contributed by atoms with van der Waals surface area (Å²) in [5, 5.41) is 3.53. The molecule has 3 heteroatoms. The molecular weight excluding hydrogens is 238 g/mol. The van der Waals surface area contributed by atoms with Gasteiger partial charge in [0.05, 0.1) is 13.7 Å². The monoisotopic (exact) mass is 263 g/mol. The second-order valence-electron chi connectivity index (χ2n) is 5.50. The van der Waals surface area contributed by atoms with Crippen molar-refractivity contribution in [1.29, 1.82) is 0 Å². The van der Waals surface area contributed by atoms with E-state index in [0.29, 0.717) is 0 Å². The van der Waals surface area contributed by atoms with Crippen molar-refractivity contribution in [3.63, 3.8) is 0 Å². The van der Waals surface area contributed by atoms with Crippen LogP contribution >= 0.6 is 0 Å². The molecule has 1 N–H and O–H groups in total. The molecule has 0 amide bonds. The molecule has 1 aromatic carbocycles. The summed E-state index contributed by atoms with van der Waals surface area (Å²) >= 11 is 0. The van der Waals surface area contributed by atoms with Crippen molar-refractivity contribution in [2.45, 2.75) is 25.2 Å². The van der Waals surface area contributed by atoms with Crippen LogP contribution in [-0.4, -0.2) is 33.9 Å². The van der Waals surface area contributed by atoms with Crippen LogP contribution in [0.2, 0.25) is 0 Å². The lowest BCUT2D eigenvalue weighted by Crippen LogP contribution is -2.50. The fourth-order valence-electron chi connectivity index (χ4n) is 2.99. The minimum absolute atomic E-state index is 0.266. The molecule has 0 spiro atoms. The van der Waals surface area contributed by atoms with E-state index in [-0.39, 0.29) is 5.41 Å². The van der Waals surface area contributed by atoms with Crippen molar-refractivity contribution in [2.75, 3.05) is 33.9 Å². The maximum Gasteiger partial charge on any atom is 0.119 e. The Labute approximate surface area is 116 Å². The number of rotatable bonds is 7. The number of benzene rings is 1. The van der Waals surface area contributed by atoms with Crippen molar-refractivity contribution in [2.24, 2.45) is 5.92 Å². The van der Waals surface area contributed by atoms with Gasteiger partial charge in [0.2, 0.25) is 0 Å². The van der Waals surface area contributed by atoms with Gasteiger partial charge in [0.25, 0.3) is 0 Å². The summed E-state index contributed by atoms with van der Waals surface area (Å²) < 4.78 is 10.5. The molecule has 19 heavy (non-hydrogen) atoms. The van der Waals surface area contributed by atoms with Gasteiger partial charge < -0.3 is 14.8 Å². The maximum absolute atomic E-state index is 5.36. The number of ether oxygens (including phenoxy) is 2. The van der Waals surface area contributed by atoms with Gasteiger partial charge in [-0.3, -0.25) is 0 Å². The molecule has 106 valence electrons. The van der Waals surface area contributed by atoms with E-state index in [9.17, 15) is 0 Å². The van der Waals surface area contributed by atoms with Crippen LogP contribution in [0.4, 0.5) is 0 Å². The highest BCUT2D eigenvalue weighted by Gasteiger charge is 2.44. The Bertz CT molecular complexity index is 407. The van der Waals surface area contributed by atoms with Gasteiger partial charge >= 0.3 is 0 Å². The lowest BCUT2D eigenvalue weighted by molar-refractivity contribution is 0.127. The minimum Gasteiger partial charge on any atom is -0.497 e. The van der Waals surface area contributed by atoms with Gasteiger partial charge in [-0.15, -0.1) is 0 Å². The smallest absolute Gasteiger partial charge is 0.119 e. The molecule has 2 atom stereocenters. The largest absolute Gasteiger partial charge is 0.497 e. The predicted octanol–water partition coefficient (Wildman–Crippen LogP) is 2.60. The van der Waals surface area contributed by atoms with Crippen LogP contribution in [0.15, 0.2) is 24.3 Å². The molecule has 0 radical (unpaired) electrons. The Kier molecular flexibility index (Phi) is 4.83. The summed E-state index contributed by atoms with van der Waals surface area (Å²) in [5.41, 5.74) is 1.66. The third-order valence-electron chi connectivity index (χ3n) is 4.53. The Morgan fingerprint density at radius 1 is 1.37 bits per heavy atom. The topological polar surface area (TPSA) is 30.5 Å². The number of methoxy groups -OCH3 is 2. The first-order valence-electron chi connectivity index (χ1n) is 7.07. The highest BCUT2D eigenvalue weighted by Crippen LogP contribution is 2.48. The van der Waals surface area contributed by atoms with E-state index in [1.165, 1.54) is 18.4 Å². The van der Waals surface area contributed by atoms with Gasteiger partial charge in [-0.2, -0.15) is 0 Å². The van der Waals surface area contributed by atoms with Crippen LogP contribution < -0.4 is 10.1 Å². The summed E-state index contributed by atoms with van der Waals surface area (Å²) in [4.78, 5) is 0. The second kappa shape index (κ2) is 6.40.